The van der Waals surface area contributed by atoms with Crippen molar-refractivity contribution in [2.24, 2.45) is 0 Å². The van der Waals surface area contributed by atoms with Gasteiger partial charge in [-0.05, 0) is 87.4 Å². The molecule has 5 rings (SSSR count). The Morgan fingerprint density at radius 3 is 2.64 bits per heavy atom. The maximum atomic E-state index is 13.0. The van der Waals surface area contributed by atoms with Gasteiger partial charge in [0.15, 0.2) is 17.0 Å². The number of benzene rings is 2. The molecule has 1 fully saturated rings. The van der Waals surface area contributed by atoms with Gasteiger partial charge in [-0.3, -0.25) is 9.36 Å². The molecule has 2 aromatic heterocycles. The van der Waals surface area contributed by atoms with Crippen LogP contribution in [0.15, 0.2) is 55.1 Å². The third-order valence-corrected chi connectivity index (χ3v) is 6.82. The molecule has 8 nitrogen and oxygen atoms in total. The molecule has 1 amide bonds. The zero-order chi connectivity index (χ0) is 27.6. The second-order valence-corrected chi connectivity index (χ2v) is 9.69. The molecule has 0 bridgehead atoms. The summed E-state index contributed by atoms with van der Waals surface area (Å²) in [5, 5.41) is 6.20. The number of anilines is 2. The lowest BCUT2D eigenvalue weighted by molar-refractivity contribution is -0.137. The molecule has 4 aromatic rings. The first-order chi connectivity index (χ1) is 18.7. The molecule has 1 aliphatic rings. The van der Waals surface area contributed by atoms with Crippen molar-refractivity contribution in [1.29, 1.82) is 0 Å². The number of alkyl halides is 3. The van der Waals surface area contributed by atoms with Crippen LogP contribution < -0.4 is 10.6 Å². The van der Waals surface area contributed by atoms with Crippen molar-refractivity contribution in [3.05, 3.63) is 77.4 Å². The molecule has 1 aliphatic heterocycles. The number of rotatable bonds is 6. The van der Waals surface area contributed by atoms with Gasteiger partial charge < -0.3 is 15.5 Å². The van der Waals surface area contributed by atoms with Crippen LogP contribution in [-0.2, 0) is 6.18 Å². The van der Waals surface area contributed by atoms with Crippen molar-refractivity contribution in [2.75, 3.05) is 30.8 Å². The van der Waals surface area contributed by atoms with Gasteiger partial charge in [0.05, 0.1) is 5.56 Å². The summed E-state index contributed by atoms with van der Waals surface area (Å²) in [5.41, 5.74) is 2.62. The van der Waals surface area contributed by atoms with Crippen molar-refractivity contribution in [2.45, 2.75) is 32.0 Å². The number of amides is 1. The second kappa shape index (κ2) is 10.9. The Labute approximate surface area is 223 Å². The van der Waals surface area contributed by atoms with Gasteiger partial charge in [-0.15, -0.1) is 0 Å². The number of nitrogens with one attached hydrogen (secondary N) is 2. The van der Waals surface area contributed by atoms with E-state index in [0.29, 0.717) is 28.7 Å². The summed E-state index contributed by atoms with van der Waals surface area (Å²) in [6.45, 7) is 3.99. The summed E-state index contributed by atoms with van der Waals surface area (Å²) in [6.07, 6.45) is 4.41. The minimum atomic E-state index is -4.52. The number of fused-ring (bicyclic) bond motifs is 1. The van der Waals surface area contributed by atoms with Crippen LogP contribution in [0.2, 0.25) is 0 Å². The lowest BCUT2D eigenvalue weighted by Gasteiger charge is -2.29. The molecule has 2 N–H and O–H groups in total. The topological polar surface area (TPSA) is 88.0 Å². The molecule has 1 saturated heterocycles. The fourth-order valence-electron chi connectivity index (χ4n) is 4.51. The lowest BCUT2D eigenvalue weighted by Crippen LogP contribution is -2.36. The number of piperidine rings is 1. The number of aryl methyl sites for hydroxylation is 1. The molecule has 0 radical (unpaired) electrons. The Morgan fingerprint density at radius 1 is 1.08 bits per heavy atom. The van der Waals surface area contributed by atoms with Crippen LogP contribution in [0.5, 0.6) is 0 Å². The van der Waals surface area contributed by atoms with Crippen molar-refractivity contribution in [1.82, 2.24) is 24.4 Å². The third kappa shape index (κ3) is 6.09. The highest BCUT2D eigenvalue weighted by atomic mass is 19.4. The average molecular weight is 536 g/mol. The van der Waals surface area contributed by atoms with E-state index in [1.807, 2.05) is 25.3 Å². The van der Waals surface area contributed by atoms with Crippen LogP contribution in [0.1, 0.15) is 39.9 Å². The van der Waals surface area contributed by atoms with Gasteiger partial charge in [0.1, 0.15) is 12.7 Å². The first-order valence-electron chi connectivity index (χ1n) is 12.6. The largest absolute Gasteiger partial charge is 0.416 e. The molecule has 0 aliphatic carbocycles. The Balaban J connectivity index is 1.33. The predicted molar refractivity (Wildman–Crippen MR) is 145 cm³/mol. The minimum Gasteiger partial charge on any atom is -0.365 e. The lowest BCUT2D eigenvalue weighted by atomic mass is 10.1. The Morgan fingerprint density at radius 2 is 1.87 bits per heavy atom. The smallest absolute Gasteiger partial charge is 0.365 e. The van der Waals surface area contributed by atoms with Crippen molar-refractivity contribution in [3.8, 4) is 0 Å². The maximum Gasteiger partial charge on any atom is 0.416 e. The Hall–Kier alpha value is -4.25. The molecule has 2 aromatic carbocycles. The molecule has 0 atom stereocenters. The number of carbonyl (C=O) groups excluding carboxylic acids is 1. The van der Waals surface area contributed by atoms with Gasteiger partial charge in [-0.25, -0.2) is 15.0 Å². The number of nitrogens with zero attached hydrogens (tertiary/aromatic N) is 5. The van der Waals surface area contributed by atoms with E-state index in [0.717, 1.165) is 49.2 Å². The predicted octanol–water partition coefficient (Wildman–Crippen LogP) is 5.54. The summed E-state index contributed by atoms with van der Waals surface area (Å²) in [4.78, 5) is 28.3. The summed E-state index contributed by atoms with van der Waals surface area (Å²) in [7, 11) is 2.12. The van der Waals surface area contributed by atoms with E-state index in [-0.39, 0.29) is 5.56 Å². The molecular formula is C28H28F3N7O. The highest BCUT2D eigenvalue weighted by molar-refractivity contribution is 6.04. The number of aromatic nitrogens is 4. The van der Waals surface area contributed by atoms with E-state index < -0.39 is 17.6 Å². The quantitative estimate of drug-likeness (QED) is 0.337. The van der Waals surface area contributed by atoms with E-state index in [2.05, 4.69) is 37.5 Å². The van der Waals surface area contributed by atoms with Crippen LogP contribution in [0.25, 0.3) is 23.4 Å². The van der Waals surface area contributed by atoms with Crippen LogP contribution in [0.3, 0.4) is 0 Å². The average Bonchev–Trinajstić information content (AvgIpc) is 3.34. The molecule has 11 heteroatoms. The number of imidazole rings is 1. The second-order valence-electron chi connectivity index (χ2n) is 9.69. The molecule has 0 unspecified atom stereocenters. The fourth-order valence-corrected chi connectivity index (χ4v) is 4.51. The molecular weight excluding hydrogens is 507 g/mol. The molecule has 3 heterocycles. The van der Waals surface area contributed by atoms with E-state index >= 15 is 0 Å². The van der Waals surface area contributed by atoms with Crippen molar-refractivity contribution < 1.29 is 18.0 Å². The number of likely N-dealkylation sites (tertiary alicyclic amines) is 1. The SMILES string of the molecule is Cc1ccc(NC(=O)c2cccc(C(F)(F)F)c2)cc1/C=C/n1cnc2c(NC3CCN(C)CC3)ncnc21. The van der Waals surface area contributed by atoms with E-state index in [1.165, 1.54) is 18.5 Å². The normalized spacial score (nSPS) is 15.2. The third-order valence-electron chi connectivity index (χ3n) is 6.82. The number of halogens is 3. The molecule has 202 valence electrons. The zero-order valence-corrected chi connectivity index (χ0v) is 21.5. The number of carbonyl (C=O) groups is 1. The monoisotopic (exact) mass is 535 g/mol. The van der Waals surface area contributed by atoms with Gasteiger partial charge in [-0.1, -0.05) is 12.1 Å². The minimum absolute atomic E-state index is 0.0725. The first kappa shape index (κ1) is 26.4. The zero-order valence-electron chi connectivity index (χ0n) is 21.5. The molecule has 0 saturated carbocycles. The summed E-state index contributed by atoms with van der Waals surface area (Å²) in [6, 6.07) is 9.97. The summed E-state index contributed by atoms with van der Waals surface area (Å²) < 4.78 is 40.9. The number of hydrogen-bond acceptors (Lipinski definition) is 6. The van der Waals surface area contributed by atoms with Gasteiger partial charge >= 0.3 is 6.18 Å². The van der Waals surface area contributed by atoms with Gasteiger partial charge in [-0.2, -0.15) is 13.2 Å². The molecule has 0 spiro atoms. The van der Waals surface area contributed by atoms with Crippen molar-refractivity contribution >= 4 is 40.9 Å². The summed E-state index contributed by atoms with van der Waals surface area (Å²) in [5.74, 6) is 0.0824. The van der Waals surface area contributed by atoms with Crippen molar-refractivity contribution in [3.63, 3.8) is 0 Å². The van der Waals surface area contributed by atoms with Crippen LogP contribution in [0, 0.1) is 6.92 Å². The highest BCUT2D eigenvalue weighted by Crippen LogP contribution is 2.30. The Kier molecular flexibility index (Phi) is 7.34. The van der Waals surface area contributed by atoms with E-state index in [4.69, 9.17) is 0 Å². The van der Waals surface area contributed by atoms with Crippen LogP contribution >= 0.6 is 0 Å². The van der Waals surface area contributed by atoms with E-state index in [9.17, 15) is 18.0 Å². The van der Waals surface area contributed by atoms with Crippen LogP contribution in [0.4, 0.5) is 24.7 Å². The first-order valence-corrected chi connectivity index (χ1v) is 12.6. The Bertz CT molecular complexity index is 1520. The van der Waals surface area contributed by atoms with Gasteiger partial charge in [0.2, 0.25) is 0 Å². The molecule has 39 heavy (non-hydrogen) atoms. The van der Waals surface area contributed by atoms with Gasteiger partial charge in [0.25, 0.3) is 5.91 Å². The van der Waals surface area contributed by atoms with Gasteiger partial charge in [0, 0.05) is 23.5 Å². The highest BCUT2D eigenvalue weighted by Gasteiger charge is 2.31. The van der Waals surface area contributed by atoms with E-state index in [1.54, 1.807) is 23.0 Å². The van der Waals surface area contributed by atoms with Crippen LogP contribution in [-0.4, -0.2) is 56.5 Å². The number of hydrogen-bond donors (Lipinski definition) is 2. The standard InChI is InChI=1S/C28H28F3N7O/c1-18-6-7-23(36-27(39)20-4-3-5-21(14-20)28(29,30)31)15-19(18)8-13-38-17-34-24-25(32-16-33-26(24)38)35-22-9-11-37(2)12-10-22/h3-8,13-17,22H,9-12H2,1-2H3,(H,36,39)(H,32,33,35)/b13-8+. The maximum absolute atomic E-state index is 13.0. The fraction of sp³-hybridized carbons (Fsp3) is 0.286. The summed E-state index contributed by atoms with van der Waals surface area (Å²) >= 11 is 0.